The van der Waals surface area contributed by atoms with E-state index in [2.05, 4.69) is 30.9 Å². The summed E-state index contributed by atoms with van der Waals surface area (Å²) in [6.45, 7) is 0.178. The van der Waals surface area contributed by atoms with Crippen molar-refractivity contribution in [3.05, 3.63) is 188 Å². The first-order valence-electron chi connectivity index (χ1n) is 18.8. The molecule has 3 radical (unpaired) electrons. The van der Waals surface area contributed by atoms with Gasteiger partial charge in [-0.3, -0.25) is 14.4 Å². The van der Waals surface area contributed by atoms with Crippen LogP contribution in [0.2, 0.25) is 10.0 Å². The maximum atomic E-state index is 12.6. The Balaban J connectivity index is 0.000000427. The fraction of sp³-hybridized carbons (Fsp3) is 0.152. The van der Waals surface area contributed by atoms with Crippen LogP contribution in [-0.4, -0.2) is 80.8 Å². The largest absolute Gasteiger partial charge is 1.00 e. The zero-order chi connectivity index (χ0) is 44.4. The molecule has 2 aromatic heterocycles. The Morgan fingerprint density at radius 2 is 1.08 bits per heavy atom. The molecule has 0 spiro atoms. The molecule has 6 aromatic rings. The van der Waals surface area contributed by atoms with Crippen molar-refractivity contribution in [2.45, 2.75) is 19.3 Å². The van der Waals surface area contributed by atoms with Gasteiger partial charge in [-0.15, -0.1) is 0 Å². The van der Waals surface area contributed by atoms with Crippen LogP contribution in [0.1, 0.15) is 56.8 Å². The number of hydrogen-bond acceptors (Lipinski definition) is 12. The number of amides is 2. The van der Waals surface area contributed by atoms with Gasteiger partial charge < -0.3 is 36.3 Å². The Kier molecular flexibility index (Phi) is 21.7. The molecule has 0 aliphatic carbocycles. The van der Waals surface area contributed by atoms with Crippen LogP contribution in [0.3, 0.4) is 0 Å². The van der Waals surface area contributed by atoms with E-state index in [-0.39, 0.29) is 97.5 Å². The van der Waals surface area contributed by atoms with E-state index >= 15 is 0 Å². The first-order chi connectivity index (χ1) is 30.1. The van der Waals surface area contributed by atoms with Crippen molar-refractivity contribution in [2.75, 3.05) is 28.3 Å². The summed E-state index contributed by atoms with van der Waals surface area (Å²) in [4.78, 5) is 55.0. The van der Waals surface area contributed by atoms with E-state index in [1.54, 1.807) is 60.7 Å². The number of nitrogens with zero attached hydrogens (tertiary/aromatic N) is 4. The van der Waals surface area contributed by atoms with Crippen LogP contribution in [0.5, 0.6) is 11.8 Å². The van der Waals surface area contributed by atoms with Gasteiger partial charge in [0.05, 0.1) is 0 Å². The van der Waals surface area contributed by atoms with Crippen LogP contribution >= 0.6 is 23.2 Å². The van der Waals surface area contributed by atoms with Crippen LogP contribution in [0, 0.1) is 0 Å². The quantitative estimate of drug-likeness (QED) is 0.0558. The van der Waals surface area contributed by atoms with Crippen molar-refractivity contribution in [1.29, 1.82) is 0 Å². The first-order valence-corrected chi connectivity index (χ1v) is 19.6. The summed E-state index contributed by atoms with van der Waals surface area (Å²) < 4.78 is 11.6. The fourth-order valence-electron chi connectivity index (χ4n) is 5.83. The predicted molar refractivity (Wildman–Crippen MR) is 243 cm³/mol. The van der Waals surface area contributed by atoms with Gasteiger partial charge in [-0.1, -0.05) is 143 Å². The minimum absolute atomic E-state index is 0. The number of halogens is 2. The fourth-order valence-corrected chi connectivity index (χ4v) is 6.28. The third-order valence-electron chi connectivity index (χ3n) is 8.89. The average molecular weight is 913 g/mol. The Bertz CT molecular complexity index is 2560. The van der Waals surface area contributed by atoms with Crippen molar-refractivity contribution in [3.8, 4) is 11.8 Å². The zero-order valence-corrected chi connectivity index (χ0v) is 39.1. The van der Waals surface area contributed by atoms with E-state index < -0.39 is 12.0 Å². The second kappa shape index (κ2) is 26.5. The standard InChI is InChI=1S/C23H22ClN3O4.C23H20ClN3O4.B.Na.H/c2*1-25-22(29)20(27-30-2)18-11-7-6-10-16(18)14-31-23-19(24)12-17(13-26-23)21(28)15-8-4-3-5-9-15;;;/h3-13,21,28H,14H2,1-2H3,(H,25,29);3-13H,14H2,1-2H3,(H,25,29);;;/q;;;+1;-1/b2*27-20+;;;. The first kappa shape index (κ1) is 52.3. The van der Waals surface area contributed by atoms with E-state index in [0.29, 0.717) is 38.9 Å². The molecule has 14 nitrogen and oxygen atoms in total. The number of aromatic nitrogens is 2. The molecule has 6 rings (SSSR count). The molecular formula is C46H43BCl2N6NaO8. The predicted octanol–water partition coefficient (Wildman–Crippen LogP) is 3.87. The Labute approximate surface area is 406 Å². The van der Waals surface area contributed by atoms with Crippen molar-refractivity contribution in [2.24, 2.45) is 10.3 Å². The van der Waals surface area contributed by atoms with E-state index in [9.17, 15) is 19.5 Å². The molecule has 64 heavy (non-hydrogen) atoms. The number of benzene rings is 4. The number of nitrogens with one attached hydrogen (secondary N) is 2. The van der Waals surface area contributed by atoms with Crippen LogP contribution in [-0.2, 0) is 32.5 Å². The molecule has 18 heteroatoms. The molecule has 0 bridgehead atoms. The normalized spacial score (nSPS) is 11.2. The number of likely N-dealkylation sites (N-methyl/N-ethyl adjacent to an activating group) is 2. The van der Waals surface area contributed by atoms with E-state index in [4.69, 9.17) is 42.4 Å². The molecule has 0 saturated heterocycles. The number of oxime groups is 2. The van der Waals surface area contributed by atoms with E-state index in [1.807, 2.05) is 54.6 Å². The van der Waals surface area contributed by atoms with Crippen molar-refractivity contribution in [3.63, 3.8) is 0 Å². The number of rotatable bonds is 16. The molecule has 4 aromatic carbocycles. The topological polar surface area (TPSA) is 183 Å². The number of hydrogen-bond donors (Lipinski definition) is 3. The third-order valence-corrected chi connectivity index (χ3v) is 9.43. The summed E-state index contributed by atoms with van der Waals surface area (Å²) in [6.07, 6.45) is 2.10. The van der Waals surface area contributed by atoms with Crippen LogP contribution < -0.4 is 49.7 Å². The van der Waals surface area contributed by atoms with Gasteiger partial charge in [0, 0.05) is 62.7 Å². The van der Waals surface area contributed by atoms with Gasteiger partial charge in [-0.25, -0.2) is 9.97 Å². The maximum Gasteiger partial charge on any atom is 1.00 e. The number of aliphatic hydroxyl groups excluding tert-OH is 1. The average Bonchev–Trinajstić information content (AvgIpc) is 3.31. The summed E-state index contributed by atoms with van der Waals surface area (Å²) in [5, 5.41) is 23.7. The van der Waals surface area contributed by atoms with Crippen LogP contribution in [0.15, 0.2) is 144 Å². The second-order valence-electron chi connectivity index (χ2n) is 12.9. The number of ether oxygens (including phenoxy) is 2. The minimum Gasteiger partial charge on any atom is -1.00 e. The van der Waals surface area contributed by atoms with Crippen LogP contribution in [0.4, 0.5) is 0 Å². The van der Waals surface area contributed by atoms with Gasteiger partial charge >= 0.3 is 29.6 Å². The zero-order valence-electron chi connectivity index (χ0n) is 36.6. The molecule has 3 N–H and O–H groups in total. The minimum atomic E-state index is -0.846. The van der Waals surface area contributed by atoms with Crippen molar-refractivity contribution < 1.29 is 69.6 Å². The summed E-state index contributed by atoms with van der Waals surface area (Å²) >= 11 is 12.7. The molecule has 0 fully saturated rings. The Morgan fingerprint density at radius 1 is 0.641 bits per heavy atom. The smallest absolute Gasteiger partial charge is 1.00 e. The summed E-state index contributed by atoms with van der Waals surface area (Å²) in [5.41, 5.74) is 4.95. The van der Waals surface area contributed by atoms with Gasteiger partial charge in [0.15, 0.2) is 17.2 Å². The Hall–Kier alpha value is -6.07. The Morgan fingerprint density at radius 3 is 1.53 bits per heavy atom. The molecule has 0 aliphatic rings. The number of pyridine rings is 2. The van der Waals surface area contributed by atoms with Gasteiger partial charge in [0.25, 0.3) is 11.8 Å². The van der Waals surface area contributed by atoms with E-state index in [0.717, 1.165) is 5.56 Å². The number of aliphatic hydroxyl groups is 1. The number of ketones is 1. The van der Waals surface area contributed by atoms with Gasteiger partial charge in [-0.2, -0.15) is 0 Å². The SMILES string of the molecule is CNC(=O)/C(=N/OC)c1ccccc1COc1ncc(C(=O)c2ccccc2)cc1Cl.CNC(=O)/C(=N/OC)c1ccccc1COc1ncc(C(O)c2ccccc2)cc1Cl.[B].[H-].[Na+]. The third kappa shape index (κ3) is 14.0. The molecule has 2 amide bonds. The molecule has 0 saturated carbocycles. The molecule has 1 atom stereocenters. The summed E-state index contributed by atoms with van der Waals surface area (Å²) in [5.74, 6) is -0.575. The van der Waals surface area contributed by atoms with Gasteiger partial charge in [-0.05, 0) is 28.8 Å². The second-order valence-corrected chi connectivity index (χ2v) is 13.7. The molecule has 2 heterocycles. The molecule has 323 valence electrons. The van der Waals surface area contributed by atoms with E-state index in [1.165, 1.54) is 46.8 Å². The molecule has 0 aliphatic heterocycles. The maximum absolute atomic E-state index is 12.6. The monoisotopic (exact) mass is 911 g/mol. The number of carbonyl (C=O) groups is 3. The summed E-state index contributed by atoms with van der Waals surface area (Å²) in [6, 6.07) is 35.5. The molecular weight excluding hydrogens is 869 g/mol. The van der Waals surface area contributed by atoms with Gasteiger partial charge in [0.2, 0.25) is 11.8 Å². The van der Waals surface area contributed by atoms with Crippen molar-refractivity contribution >= 4 is 60.6 Å². The van der Waals surface area contributed by atoms with Crippen LogP contribution in [0.25, 0.3) is 0 Å². The molecule has 1 unspecified atom stereocenters. The number of carbonyl (C=O) groups excluding carboxylic acids is 3. The summed E-state index contributed by atoms with van der Waals surface area (Å²) in [7, 11) is 5.76. The van der Waals surface area contributed by atoms with Crippen molar-refractivity contribution in [1.82, 2.24) is 20.6 Å². The van der Waals surface area contributed by atoms with Gasteiger partial charge in [0.1, 0.15) is 43.6 Å².